The molecule has 1 heterocycles. The maximum atomic E-state index is 11.9. The molecule has 0 radical (unpaired) electrons. The number of amides is 1. The summed E-state index contributed by atoms with van der Waals surface area (Å²) >= 11 is 0. The van der Waals surface area contributed by atoms with Crippen LogP contribution in [0.1, 0.15) is 15.9 Å². The number of hydrogen-bond acceptors (Lipinski definition) is 4. The van der Waals surface area contributed by atoms with E-state index in [-0.39, 0.29) is 12.5 Å². The molecule has 0 bridgehead atoms. The maximum Gasteiger partial charge on any atom is 0.337 e. The van der Waals surface area contributed by atoms with E-state index >= 15 is 0 Å². The van der Waals surface area contributed by atoms with E-state index in [0.29, 0.717) is 17.9 Å². The molecule has 2 N–H and O–H groups in total. The molecular formula is C20H20N2O4. The summed E-state index contributed by atoms with van der Waals surface area (Å²) in [5, 5.41) is 4.01. The molecule has 0 atom stereocenters. The van der Waals surface area contributed by atoms with Crippen LogP contribution in [0.5, 0.6) is 5.75 Å². The second-order valence-electron chi connectivity index (χ2n) is 5.76. The van der Waals surface area contributed by atoms with Crippen molar-refractivity contribution in [1.82, 2.24) is 10.3 Å². The highest BCUT2D eigenvalue weighted by Gasteiger charge is 2.07. The molecule has 3 rings (SSSR count). The summed E-state index contributed by atoms with van der Waals surface area (Å²) in [6.45, 7) is 0.455. The third-order valence-corrected chi connectivity index (χ3v) is 4.04. The van der Waals surface area contributed by atoms with Crippen molar-refractivity contribution in [3.63, 3.8) is 0 Å². The molecule has 0 aliphatic rings. The Hall–Kier alpha value is -3.28. The van der Waals surface area contributed by atoms with E-state index in [4.69, 9.17) is 4.74 Å². The minimum atomic E-state index is -0.411. The van der Waals surface area contributed by atoms with E-state index in [1.165, 1.54) is 18.1 Å². The zero-order valence-electron chi connectivity index (χ0n) is 14.5. The number of aromatic nitrogens is 1. The van der Waals surface area contributed by atoms with Gasteiger partial charge in [-0.2, -0.15) is 0 Å². The Bertz CT molecular complexity index is 900. The standard InChI is InChI=1S/C20H20N2O4/c1-25-20(24)14-6-8-16(9-7-14)26-13-19(23)21-11-10-15-12-22-18-5-3-2-4-17(15)18/h2-9,12,22H,10-11,13H2,1H3,(H,21,23). The van der Waals surface area contributed by atoms with Crippen molar-refractivity contribution >= 4 is 22.8 Å². The number of benzene rings is 2. The lowest BCUT2D eigenvalue weighted by atomic mass is 10.1. The molecular weight excluding hydrogens is 332 g/mol. The monoisotopic (exact) mass is 352 g/mol. The van der Waals surface area contributed by atoms with Crippen LogP contribution in [0.15, 0.2) is 54.7 Å². The fraction of sp³-hybridized carbons (Fsp3) is 0.200. The highest BCUT2D eigenvalue weighted by atomic mass is 16.5. The predicted molar refractivity (Wildman–Crippen MR) is 98.3 cm³/mol. The average Bonchev–Trinajstić information content (AvgIpc) is 3.09. The van der Waals surface area contributed by atoms with Gasteiger partial charge in [-0.05, 0) is 42.3 Å². The quantitative estimate of drug-likeness (QED) is 0.641. The zero-order chi connectivity index (χ0) is 18.4. The third kappa shape index (κ3) is 4.22. The summed E-state index contributed by atoms with van der Waals surface area (Å²) in [7, 11) is 1.33. The van der Waals surface area contributed by atoms with Gasteiger partial charge in [0.25, 0.3) is 5.91 Å². The SMILES string of the molecule is COC(=O)c1ccc(OCC(=O)NCCc2c[nH]c3ccccc23)cc1. The first-order valence-corrected chi connectivity index (χ1v) is 8.30. The van der Waals surface area contributed by atoms with Gasteiger partial charge in [-0.25, -0.2) is 4.79 Å². The van der Waals surface area contributed by atoms with Crippen LogP contribution in [0, 0.1) is 0 Å². The summed E-state index contributed by atoms with van der Waals surface area (Å²) in [4.78, 5) is 26.5. The molecule has 6 heteroatoms. The predicted octanol–water partition coefficient (Wildman–Crippen LogP) is 2.69. The Morgan fingerprint density at radius 2 is 1.85 bits per heavy atom. The van der Waals surface area contributed by atoms with E-state index in [0.717, 1.165) is 11.9 Å². The zero-order valence-corrected chi connectivity index (χ0v) is 14.5. The number of nitrogens with one attached hydrogen (secondary N) is 2. The first-order valence-electron chi connectivity index (χ1n) is 8.30. The molecule has 0 spiro atoms. The van der Waals surface area contributed by atoms with Gasteiger partial charge >= 0.3 is 5.97 Å². The van der Waals surface area contributed by atoms with E-state index < -0.39 is 5.97 Å². The second kappa shape index (κ2) is 8.20. The van der Waals surface area contributed by atoms with Crippen LogP contribution in [0.25, 0.3) is 10.9 Å². The number of ether oxygens (including phenoxy) is 2. The summed E-state index contributed by atoms with van der Waals surface area (Å²) in [6.07, 6.45) is 2.71. The fourth-order valence-electron chi connectivity index (χ4n) is 2.68. The first kappa shape index (κ1) is 17.5. The average molecular weight is 352 g/mol. The number of fused-ring (bicyclic) bond motifs is 1. The van der Waals surface area contributed by atoms with Crippen LogP contribution in [0.2, 0.25) is 0 Å². The molecule has 134 valence electrons. The fourth-order valence-corrected chi connectivity index (χ4v) is 2.68. The van der Waals surface area contributed by atoms with Crippen molar-refractivity contribution in [1.29, 1.82) is 0 Å². The van der Waals surface area contributed by atoms with Crippen molar-refractivity contribution in [3.05, 3.63) is 65.9 Å². The Balaban J connectivity index is 1.43. The highest BCUT2D eigenvalue weighted by molar-refractivity contribution is 5.89. The van der Waals surface area contributed by atoms with Gasteiger partial charge in [-0.3, -0.25) is 4.79 Å². The van der Waals surface area contributed by atoms with Crippen LogP contribution < -0.4 is 10.1 Å². The minimum Gasteiger partial charge on any atom is -0.484 e. The number of rotatable bonds is 7. The van der Waals surface area contributed by atoms with Crippen molar-refractivity contribution in [2.24, 2.45) is 0 Å². The molecule has 1 amide bonds. The normalized spacial score (nSPS) is 10.5. The topological polar surface area (TPSA) is 80.4 Å². The summed E-state index contributed by atoms with van der Waals surface area (Å²) in [5.41, 5.74) is 2.69. The minimum absolute atomic E-state index is 0.0779. The van der Waals surface area contributed by atoms with Crippen LogP contribution in [0.3, 0.4) is 0 Å². The molecule has 0 unspecified atom stereocenters. The van der Waals surface area contributed by atoms with Gasteiger partial charge in [0.05, 0.1) is 12.7 Å². The Morgan fingerprint density at radius 1 is 1.08 bits per heavy atom. The van der Waals surface area contributed by atoms with Crippen molar-refractivity contribution in [2.45, 2.75) is 6.42 Å². The largest absolute Gasteiger partial charge is 0.484 e. The van der Waals surface area contributed by atoms with Crippen LogP contribution in [-0.4, -0.2) is 37.1 Å². The molecule has 2 aromatic carbocycles. The summed E-state index contributed by atoms with van der Waals surface area (Å²) < 4.78 is 10.1. The molecule has 3 aromatic rings. The van der Waals surface area contributed by atoms with Gasteiger partial charge in [0.15, 0.2) is 6.61 Å². The van der Waals surface area contributed by atoms with Gasteiger partial charge in [-0.15, -0.1) is 0 Å². The maximum absolute atomic E-state index is 11.9. The Kier molecular flexibility index (Phi) is 5.53. The second-order valence-corrected chi connectivity index (χ2v) is 5.76. The van der Waals surface area contributed by atoms with Crippen molar-refractivity contribution in [3.8, 4) is 5.75 Å². The lowest BCUT2D eigenvalue weighted by Crippen LogP contribution is -2.30. The Morgan fingerprint density at radius 3 is 2.62 bits per heavy atom. The summed E-state index contributed by atoms with van der Waals surface area (Å²) in [6, 6.07) is 14.5. The highest BCUT2D eigenvalue weighted by Crippen LogP contribution is 2.17. The van der Waals surface area contributed by atoms with Gasteiger partial charge in [0.2, 0.25) is 0 Å². The Labute approximate surface area is 151 Å². The van der Waals surface area contributed by atoms with Crippen LogP contribution in [0.4, 0.5) is 0 Å². The van der Waals surface area contributed by atoms with Crippen LogP contribution in [-0.2, 0) is 16.0 Å². The third-order valence-electron chi connectivity index (χ3n) is 4.04. The lowest BCUT2D eigenvalue weighted by molar-refractivity contribution is -0.123. The number of para-hydroxylation sites is 1. The molecule has 0 fully saturated rings. The van der Waals surface area contributed by atoms with E-state index in [1.54, 1.807) is 24.3 Å². The number of aromatic amines is 1. The number of carbonyl (C=O) groups is 2. The first-order chi connectivity index (χ1) is 12.7. The number of esters is 1. The number of carbonyl (C=O) groups excluding carboxylic acids is 2. The molecule has 0 saturated heterocycles. The van der Waals surface area contributed by atoms with Crippen molar-refractivity contribution in [2.75, 3.05) is 20.3 Å². The van der Waals surface area contributed by atoms with Gasteiger partial charge in [-0.1, -0.05) is 18.2 Å². The smallest absolute Gasteiger partial charge is 0.337 e. The van der Waals surface area contributed by atoms with Crippen LogP contribution >= 0.6 is 0 Å². The van der Waals surface area contributed by atoms with E-state index in [2.05, 4.69) is 21.1 Å². The molecule has 0 aliphatic carbocycles. The number of hydrogen-bond donors (Lipinski definition) is 2. The van der Waals surface area contributed by atoms with Gasteiger partial charge in [0, 0.05) is 23.6 Å². The molecule has 0 aliphatic heterocycles. The molecule has 26 heavy (non-hydrogen) atoms. The van der Waals surface area contributed by atoms with Crippen molar-refractivity contribution < 1.29 is 19.1 Å². The van der Waals surface area contributed by atoms with E-state index in [1.807, 2.05) is 24.4 Å². The molecule has 0 saturated carbocycles. The summed E-state index contributed by atoms with van der Waals surface area (Å²) in [5.74, 6) is -0.0853. The van der Waals surface area contributed by atoms with Gasteiger partial charge < -0.3 is 19.8 Å². The lowest BCUT2D eigenvalue weighted by Gasteiger charge is -2.08. The van der Waals surface area contributed by atoms with E-state index in [9.17, 15) is 9.59 Å². The molecule has 6 nitrogen and oxygen atoms in total. The number of H-pyrrole nitrogens is 1. The van der Waals surface area contributed by atoms with Gasteiger partial charge in [0.1, 0.15) is 5.75 Å². The molecule has 1 aromatic heterocycles. The number of methoxy groups -OCH3 is 1.